The van der Waals surface area contributed by atoms with Gasteiger partial charge in [-0.15, -0.1) is 0 Å². The monoisotopic (exact) mass is 352 g/mol. The second-order valence-corrected chi connectivity index (χ2v) is 6.53. The Hall–Kier alpha value is -0.860. The number of carbonyl (C=O) groups is 1. The Labute approximate surface area is 141 Å². The molecule has 2 rings (SSSR count). The second kappa shape index (κ2) is 9.01. The third kappa shape index (κ3) is 6.57. The summed E-state index contributed by atoms with van der Waals surface area (Å²) >= 11 is 0. The summed E-state index contributed by atoms with van der Waals surface area (Å²) in [4.78, 5) is 15.4. The molecule has 0 radical (unpaired) electrons. The molecule has 2 saturated heterocycles. The number of halogens is 3. The molecular weight excluding hydrogens is 325 g/mol. The predicted molar refractivity (Wildman–Crippen MR) is 82.7 cm³/mol. The number of ether oxygens (including phenoxy) is 2. The Balaban J connectivity index is 1.74. The van der Waals surface area contributed by atoms with Crippen molar-refractivity contribution in [3.63, 3.8) is 0 Å². The van der Waals surface area contributed by atoms with Crippen LogP contribution in [0.1, 0.15) is 32.6 Å². The normalized spacial score (nSPS) is 25.3. The van der Waals surface area contributed by atoms with Gasteiger partial charge in [-0.1, -0.05) is 0 Å². The lowest BCUT2D eigenvalue weighted by Gasteiger charge is -2.27. The van der Waals surface area contributed by atoms with E-state index >= 15 is 0 Å². The van der Waals surface area contributed by atoms with Crippen molar-refractivity contribution in [3.05, 3.63) is 0 Å². The average Bonchev–Trinajstić information content (AvgIpc) is 2.77. The molecule has 2 fully saturated rings. The lowest BCUT2D eigenvalue weighted by molar-refractivity contribution is -0.147. The van der Waals surface area contributed by atoms with E-state index in [9.17, 15) is 18.0 Å². The highest BCUT2D eigenvalue weighted by Gasteiger charge is 2.32. The van der Waals surface area contributed by atoms with Crippen LogP contribution in [0.3, 0.4) is 0 Å². The lowest BCUT2D eigenvalue weighted by atomic mass is 10.1. The smallest absolute Gasteiger partial charge is 0.376 e. The van der Waals surface area contributed by atoms with Crippen LogP contribution in [0.15, 0.2) is 0 Å². The number of alkyl halides is 3. The van der Waals surface area contributed by atoms with Gasteiger partial charge in [-0.05, 0) is 32.6 Å². The highest BCUT2D eigenvalue weighted by molar-refractivity contribution is 5.80. The van der Waals surface area contributed by atoms with E-state index < -0.39 is 18.8 Å². The maximum absolute atomic E-state index is 12.5. The molecule has 0 aliphatic carbocycles. The molecule has 1 amide bonds. The Morgan fingerprint density at radius 1 is 1.21 bits per heavy atom. The van der Waals surface area contributed by atoms with Crippen LogP contribution < -0.4 is 0 Å². The molecule has 0 N–H and O–H groups in total. The van der Waals surface area contributed by atoms with E-state index in [4.69, 9.17) is 9.47 Å². The lowest BCUT2D eigenvalue weighted by Crippen LogP contribution is -2.43. The first-order valence-corrected chi connectivity index (χ1v) is 8.66. The van der Waals surface area contributed by atoms with Crippen LogP contribution in [-0.4, -0.2) is 80.0 Å². The molecule has 0 aromatic heterocycles. The summed E-state index contributed by atoms with van der Waals surface area (Å²) in [5.74, 6) is -0.153. The first kappa shape index (κ1) is 19.5. The highest BCUT2D eigenvalue weighted by atomic mass is 19.4. The molecule has 8 heteroatoms. The van der Waals surface area contributed by atoms with Crippen LogP contribution in [-0.2, 0) is 14.3 Å². The van der Waals surface area contributed by atoms with Crippen LogP contribution in [0.4, 0.5) is 13.2 Å². The van der Waals surface area contributed by atoms with Gasteiger partial charge >= 0.3 is 6.18 Å². The van der Waals surface area contributed by atoms with Crippen LogP contribution in [0.5, 0.6) is 0 Å². The largest absolute Gasteiger partial charge is 0.401 e. The second-order valence-electron chi connectivity index (χ2n) is 6.53. The standard InChI is InChI=1S/C16H27F3N2O3/c1-13(24-11-14-5-2-3-10-23-14)15(22)21-7-4-6-20(8-9-21)12-16(17,18)19/h13-14H,2-12H2,1H3. The molecule has 2 aliphatic rings. The molecule has 2 aliphatic heterocycles. The van der Waals surface area contributed by atoms with E-state index in [1.165, 1.54) is 4.90 Å². The molecule has 0 spiro atoms. The summed E-state index contributed by atoms with van der Waals surface area (Å²) in [5.41, 5.74) is 0. The van der Waals surface area contributed by atoms with Crippen molar-refractivity contribution in [2.24, 2.45) is 0 Å². The van der Waals surface area contributed by atoms with E-state index in [0.29, 0.717) is 32.7 Å². The van der Waals surface area contributed by atoms with Crippen molar-refractivity contribution in [2.75, 3.05) is 45.9 Å². The van der Waals surface area contributed by atoms with Crippen molar-refractivity contribution in [2.45, 2.75) is 51.0 Å². The van der Waals surface area contributed by atoms with Gasteiger partial charge in [0.25, 0.3) is 5.91 Å². The van der Waals surface area contributed by atoms with Crippen molar-refractivity contribution in [1.82, 2.24) is 9.80 Å². The number of amides is 1. The van der Waals surface area contributed by atoms with E-state index in [2.05, 4.69) is 0 Å². The molecule has 0 saturated carbocycles. The molecule has 24 heavy (non-hydrogen) atoms. The number of nitrogens with zero attached hydrogens (tertiary/aromatic N) is 2. The molecule has 0 aromatic carbocycles. The minimum Gasteiger partial charge on any atom is -0.376 e. The maximum atomic E-state index is 12.5. The third-order valence-electron chi connectivity index (χ3n) is 4.46. The van der Waals surface area contributed by atoms with Gasteiger partial charge in [0, 0.05) is 32.8 Å². The Morgan fingerprint density at radius 3 is 2.67 bits per heavy atom. The SMILES string of the molecule is CC(OCC1CCCCO1)C(=O)N1CCCN(CC(F)(F)F)CC1. The average molecular weight is 352 g/mol. The van der Waals surface area contributed by atoms with Gasteiger partial charge in [0.05, 0.1) is 19.3 Å². The van der Waals surface area contributed by atoms with Crippen LogP contribution >= 0.6 is 0 Å². The zero-order chi connectivity index (χ0) is 17.6. The fourth-order valence-corrected chi connectivity index (χ4v) is 3.12. The summed E-state index contributed by atoms with van der Waals surface area (Å²) in [7, 11) is 0. The van der Waals surface area contributed by atoms with E-state index in [1.807, 2.05) is 0 Å². The number of hydrogen-bond donors (Lipinski definition) is 0. The topological polar surface area (TPSA) is 42.0 Å². The summed E-state index contributed by atoms with van der Waals surface area (Å²) in [6.45, 7) is 3.28. The Bertz CT molecular complexity index is 401. The van der Waals surface area contributed by atoms with Gasteiger partial charge in [0.15, 0.2) is 0 Å². The molecule has 5 nitrogen and oxygen atoms in total. The van der Waals surface area contributed by atoms with E-state index in [1.54, 1.807) is 11.8 Å². The van der Waals surface area contributed by atoms with E-state index in [-0.39, 0.29) is 18.6 Å². The first-order chi connectivity index (χ1) is 11.3. The van der Waals surface area contributed by atoms with Crippen LogP contribution in [0, 0.1) is 0 Å². The number of carbonyl (C=O) groups excluding carboxylic acids is 1. The summed E-state index contributed by atoms with van der Waals surface area (Å²) in [5, 5.41) is 0. The van der Waals surface area contributed by atoms with Crippen LogP contribution in [0.2, 0.25) is 0 Å². The predicted octanol–water partition coefficient (Wildman–Crippen LogP) is 2.06. The molecule has 2 atom stereocenters. The zero-order valence-corrected chi connectivity index (χ0v) is 14.2. The van der Waals surface area contributed by atoms with Crippen molar-refractivity contribution >= 4 is 5.91 Å². The molecule has 140 valence electrons. The molecular formula is C16H27F3N2O3. The Morgan fingerprint density at radius 2 is 2.00 bits per heavy atom. The van der Waals surface area contributed by atoms with E-state index in [0.717, 1.165) is 25.9 Å². The molecule has 2 heterocycles. The van der Waals surface area contributed by atoms with Gasteiger partial charge in [-0.3, -0.25) is 9.69 Å². The molecule has 0 aromatic rings. The van der Waals surface area contributed by atoms with Gasteiger partial charge < -0.3 is 14.4 Å². The zero-order valence-electron chi connectivity index (χ0n) is 14.2. The van der Waals surface area contributed by atoms with Crippen molar-refractivity contribution in [3.8, 4) is 0 Å². The van der Waals surface area contributed by atoms with Gasteiger partial charge in [-0.25, -0.2) is 0 Å². The summed E-state index contributed by atoms with van der Waals surface area (Å²) in [6.07, 6.45) is -1.09. The number of hydrogen-bond acceptors (Lipinski definition) is 4. The quantitative estimate of drug-likeness (QED) is 0.760. The Kier molecular flexibility index (Phi) is 7.31. The molecule has 0 bridgehead atoms. The first-order valence-electron chi connectivity index (χ1n) is 8.66. The van der Waals surface area contributed by atoms with Gasteiger partial charge in [-0.2, -0.15) is 13.2 Å². The minimum absolute atomic E-state index is 0.0420. The number of rotatable bonds is 5. The highest BCUT2D eigenvalue weighted by Crippen LogP contribution is 2.18. The summed E-state index contributed by atoms with van der Waals surface area (Å²) in [6, 6.07) is 0. The molecule has 2 unspecified atom stereocenters. The van der Waals surface area contributed by atoms with Gasteiger partial charge in [0.2, 0.25) is 0 Å². The van der Waals surface area contributed by atoms with Crippen molar-refractivity contribution in [1.29, 1.82) is 0 Å². The fourth-order valence-electron chi connectivity index (χ4n) is 3.12. The van der Waals surface area contributed by atoms with Crippen LogP contribution in [0.25, 0.3) is 0 Å². The maximum Gasteiger partial charge on any atom is 0.401 e. The minimum atomic E-state index is -4.20. The fraction of sp³-hybridized carbons (Fsp3) is 0.938. The third-order valence-corrected chi connectivity index (χ3v) is 4.46. The van der Waals surface area contributed by atoms with Crippen molar-refractivity contribution < 1.29 is 27.4 Å². The summed E-state index contributed by atoms with van der Waals surface area (Å²) < 4.78 is 48.6. The van der Waals surface area contributed by atoms with Gasteiger partial charge in [0.1, 0.15) is 6.10 Å².